The number of rotatable bonds is 2. The molecular weight excluding hydrogens is 273 g/mol. The molecule has 3 nitrogen and oxygen atoms in total. The van der Waals surface area contributed by atoms with Crippen molar-refractivity contribution >= 4 is 18.2 Å². The van der Waals surface area contributed by atoms with E-state index < -0.39 is 0 Å². The van der Waals surface area contributed by atoms with E-state index in [-0.39, 0.29) is 18.3 Å². The van der Waals surface area contributed by atoms with Crippen LogP contribution in [0.1, 0.15) is 33.3 Å². The van der Waals surface area contributed by atoms with Gasteiger partial charge in [-0.1, -0.05) is 30.3 Å². The fourth-order valence-electron chi connectivity index (χ4n) is 2.73. The van der Waals surface area contributed by atoms with Crippen LogP contribution >= 0.6 is 0 Å². The fraction of sp³-hybridized carbons (Fsp3) is 0.444. The van der Waals surface area contributed by atoms with Crippen LogP contribution < -0.4 is 5.46 Å². The van der Waals surface area contributed by atoms with E-state index in [1.54, 1.807) is 0 Å². The smallest absolute Gasteiger partial charge is 0.399 e. The SMILES string of the molecule is CN1C=CC=C(c2cccc(B3OC(C)(C)C(C)(C)O3)c2)C1. The van der Waals surface area contributed by atoms with Gasteiger partial charge >= 0.3 is 7.12 Å². The van der Waals surface area contributed by atoms with E-state index in [9.17, 15) is 0 Å². The molecule has 0 amide bonds. The Balaban J connectivity index is 1.87. The van der Waals surface area contributed by atoms with Crippen LogP contribution in [0.2, 0.25) is 0 Å². The standard InChI is InChI=1S/C18H24BNO2/c1-17(2)18(3,4)22-19(21-17)16-10-6-8-14(12-16)15-9-7-11-20(5)13-15/h6-12H,13H2,1-5H3. The molecule has 1 saturated heterocycles. The second-order valence-electron chi connectivity index (χ2n) is 7.16. The van der Waals surface area contributed by atoms with Crippen LogP contribution in [0, 0.1) is 0 Å². The highest BCUT2D eigenvalue weighted by molar-refractivity contribution is 6.62. The summed E-state index contributed by atoms with van der Waals surface area (Å²) >= 11 is 0. The first-order chi connectivity index (χ1) is 10.3. The highest BCUT2D eigenvalue weighted by atomic mass is 16.7. The third-order valence-corrected chi connectivity index (χ3v) is 4.84. The summed E-state index contributed by atoms with van der Waals surface area (Å²) in [5, 5.41) is 0. The summed E-state index contributed by atoms with van der Waals surface area (Å²) in [7, 11) is 1.78. The topological polar surface area (TPSA) is 21.7 Å². The van der Waals surface area contributed by atoms with Crippen molar-refractivity contribution in [2.75, 3.05) is 13.6 Å². The van der Waals surface area contributed by atoms with Gasteiger partial charge in [0, 0.05) is 13.6 Å². The minimum Gasteiger partial charge on any atom is -0.399 e. The first-order valence-electron chi connectivity index (χ1n) is 7.82. The Kier molecular flexibility index (Phi) is 3.70. The van der Waals surface area contributed by atoms with Crippen molar-refractivity contribution in [1.29, 1.82) is 0 Å². The maximum Gasteiger partial charge on any atom is 0.494 e. The largest absolute Gasteiger partial charge is 0.494 e. The van der Waals surface area contributed by atoms with Gasteiger partial charge in [0.15, 0.2) is 0 Å². The van der Waals surface area contributed by atoms with Gasteiger partial charge in [0.25, 0.3) is 0 Å². The summed E-state index contributed by atoms with van der Waals surface area (Å²) in [6, 6.07) is 8.48. The lowest BCUT2D eigenvalue weighted by atomic mass is 9.78. The molecule has 1 fully saturated rings. The summed E-state index contributed by atoms with van der Waals surface area (Å²) in [6.45, 7) is 9.25. The molecule has 1 aromatic carbocycles. The molecule has 0 saturated carbocycles. The predicted octanol–water partition coefficient (Wildman–Crippen LogP) is 2.83. The maximum atomic E-state index is 6.15. The van der Waals surface area contributed by atoms with Gasteiger partial charge in [-0.3, -0.25) is 0 Å². The van der Waals surface area contributed by atoms with Gasteiger partial charge in [0.1, 0.15) is 0 Å². The predicted molar refractivity (Wildman–Crippen MR) is 91.9 cm³/mol. The summed E-state index contributed by atoms with van der Waals surface area (Å²) in [4.78, 5) is 2.18. The van der Waals surface area contributed by atoms with Crippen molar-refractivity contribution in [2.24, 2.45) is 0 Å². The molecule has 0 atom stereocenters. The van der Waals surface area contributed by atoms with Crippen molar-refractivity contribution in [3.63, 3.8) is 0 Å². The van der Waals surface area contributed by atoms with Crippen molar-refractivity contribution in [3.05, 3.63) is 48.2 Å². The minimum atomic E-state index is -0.305. The number of hydrogen-bond acceptors (Lipinski definition) is 3. The Morgan fingerprint density at radius 3 is 2.41 bits per heavy atom. The van der Waals surface area contributed by atoms with E-state index in [1.807, 2.05) is 0 Å². The van der Waals surface area contributed by atoms with Crippen LogP contribution in [0.5, 0.6) is 0 Å². The van der Waals surface area contributed by atoms with E-state index >= 15 is 0 Å². The van der Waals surface area contributed by atoms with Gasteiger partial charge in [-0.2, -0.15) is 0 Å². The highest BCUT2D eigenvalue weighted by Crippen LogP contribution is 2.36. The lowest BCUT2D eigenvalue weighted by Crippen LogP contribution is -2.41. The van der Waals surface area contributed by atoms with Gasteiger partial charge < -0.3 is 14.2 Å². The van der Waals surface area contributed by atoms with Crippen molar-refractivity contribution in [3.8, 4) is 0 Å². The lowest BCUT2D eigenvalue weighted by Gasteiger charge is -2.32. The molecule has 0 aromatic heterocycles. The van der Waals surface area contributed by atoms with Gasteiger partial charge in [0.05, 0.1) is 11.2 Å². The minimum absolute atomic E-state index is 0.303. The molecular formula is C18H24BNO2. The molecule has 4 heteroatoms. The molecule has 1 aromatic rings. The van der Waals surface area contributed by atoms with Crippen LogP contribution in [-0.4, -0.2) is 36.8 Å². The zero-order chi connectivity index (χ0) is 16.0. The van der Waals surface area contributed by atoms with E-state index in [2.05, 4.69) is 82.3 Å². The van der Waals surface area contributed by atoms with E-state index in [4.69, 9.17) is 9.31 Å². The van der Waals surface area contributed by atoms with Gasteiger partial charge in [-0.15, -0.1) is 0 Å². The average Bonchev–Trinajstić information content (AvgIpc) is 2.68. The number of nitrogens with zero attached hydrogens (tertiary/aromatic N) is 1. The second kappa shape index (κ2) is 5.29. The van der Waals surface area contributed by atoms with Crippen LogP contribution in [-0.2, 0) is 9.31 Å². The average molecular weight is 297 g/mol. The maximum absolute atomic E-state index is 6.15. The Hall–Kier alpha value is -1.52. The van der Waals surface area contributed by atoms with Crippen LogP contribution in [0.25, 0.3) is 5.57 Å². The van der Waals surface area contributed by atoms with Crippen molar-refractivity contribution in [1.82, 2.24) is 4.90 Å². The first-order valence-corrected chi connectivity index (χ1v) is 7.82. The molecule has 2 aliphatic heterocycles. The molecule has 2 heterocycles. The van der Waals surface area contributed by atoms with Crippen molar-refractivity contribution < 1.29 is 9.31 Å². The van der Waals surface area contributed by atoms with E-state index in [1.165, 1.54) is 11.1 Å². The highest BCUT2D eigenvalue weighted by Gasteiger charge is 2.51. The summed E-state index contributed by atoms with van der Waals surface area (Å²) in [5.74, 6) is 0. The molecule has 0 radical (unpaired) electrons. The Morgan fingerprint density at radius 1 is 1.09 bits per heavy atom. The summed E-state index contributed by atoms with van der Waals surface area (Å²) in [5.41, 5.74) is 3.00. The van der Waals surface area contributed by atoms with Gasteiger partial charge in [0.2, 0.25) is 0 Å². The quantitative estimate of drug-likeness (QED) is 0.784. The molecule has 116 valence electrons. The Morgan fingerprint density at radius 2 is 1.77 bits per heavy atom. The molecule has 0 spiro atoms. The number of hydrogen-bond donors (Lipinski definition) is 0. The first kappa shape index (κ1) is 15.4. The number of benzene rings is 1. The second-order valence-corrected chi connectivity index (χ2v) is 7.16. The van der Waals surface area contributed by atoms with E-state index in [0.717, 1.165) is 12.0 Å². The van der Waals surface area contributed by atoms with Crippen LogP contribution in [0.15, 0.2) is 42.6 Å². The number of likely N-dealkylation sites (N-methyl/N-ethyl adjacent to an activating group) is 1. The lowest BCUT2D eigenvalue weighted by molar-refractivity contribution is 0.00578. The van der Waals surface area contributed by atoms with Gasteiger partial charge in [-0.05, 0) is 56.6 Å². The third kappa shape index (κ3) is 2.73. The van der Waals surface area contributed by atoms with Crippen LogP contribution in [0.3, 0.4) is 0 Å². The van der Waals surface area contributed by atoms with E-state index in [0.29, 0.717) is 0 Å². The van der Waals surface area contributed by atoms with Gasteiger partial charge in [-0.25, -0.2) is 0 Å². The zero-order valence-electron chi connectivity index (χ0n) is 14.1. The summed E-state index contributed by atoms with van der Waals surface area (Å²) < 4.78 is 12.3. The monoisotopic (exact) mass is 297 g/mol. The zero-order valence-corrected chi connectivity index (χ0v) is 14.1. The molecule has 0 N–H and O–H groups in total. The number of allylic oxidation sites excluding steroid dienone is 2. The van der Waals surface area contributed by atoms with Crippen molar-refractivity contribution in [2.45, 2.75) is 38.9 Å². The fourth-order valence-corrected chi connectivity index (χ4v) is 2.73. The molecule has 2 aliphatic rings. The van der Waals surface area contributed by atoms with Crippen LogP contribution in [0.4, 0.5) is 0 Å². The normalized spacial score (nSPS) is 22.9. The Bertz CT molecular complexity index is 618. The molecule has 22 heavy (non-hydrogen) atoms. The molecule has 0 unspecified atom stereocenters. The Labute approximate surface area is 133 Å². The summed E-state index contributed by atoms with van der Waals surface area (Å²) in [6.07, 6.45) is 6.34. The molecule has 3 rings (SSSR count). The molecule has 0 bridgehead atoms. The molecule has 0 aliphatic carbocycles. The third-order valence-electron chi connectivity index (χ3n) is 4.84.